The van der Waals surface area contributed by atoms with Gasteiger partial charge in [-0.1, -0.05) is 25.4 Å². The molecule has 0 fully saturated rings. The Balaban J connectivity index is 2.64. The highest BCUT2D eigenvalue weighted by Gasteiger charge is 2.18. The fourth-order valence-electron chi connectivity index (χ4n) is 1.85. The first-order valence-corrected chi connectivity index (χ1v) is 6.35. The molecule has 1 atom stereocenters. The lowest BCUT2D eigenvalue weighted by Crippen LogP contribution is -2.43. The van der Waals surface area contributed by atoms with Crippen LogP contribution in [0.2, 0.25) is 5.02 Å². The first-order chi connectivity index (χ1) is 8.43. The Morgan fingerprint density at radius 3 is 2.67 bits per heavy atom. The van der Waals surface area contributed by atoms with Crippen molar-refractivity contribution in [1.82, 2.24) is 15.2 Å². The van der Waals surface area contributed by atoms with Crippen LogP contribution in [0.25, 0.3) is 0 Å². The van der Waals surface area contributed by atoms with Gasteiger partial charge in [-0.3, -0.25) is 9.78 Å². The van der Waals surface area contributed by atoms with E-state index in [1.807, 2.05) is 14.1 Å². The molecule has 100 valence electrons. The lowest BCUT2D eigenvalue weighted by atomic mass is 10.0. The zero-order valence-corrected chi connectivity index (χ0v) is 12.0. The zero-order chi connectivity index (χ0) is 13.7. The number of hydrogen-bond acceptors (Lipinski definition) is 3. The molecule has 1 aromatic heterocycles. The molecular formula is C13H20ClN3O. The Morgan fingerprint density at radius 2 is 2.17 bits per heavy atom. The molecule has 5 heteroatoms. The van der Waals surface area contributed by atoms with Crippen molar-refractivity contribution in [2.24, 2.45) is 5.92 Å². The highest BCUT2D eigenvalue weighted by Crippen LogP contribution is 2.13. The molecule has 1 rings (SSSR count). The van der Waals surface area contributed by atoms with Crippen LogP contribution in [-0.4, -0.2) is 42.5 Å². The van der Waals surface area contributed by atoms with E-state index in [0.29, 0.717) is 29.1 Å². The second kappa shape index (κ2) is 6.71. The molecule has 0 aliphatic carbocycles. The predicted octanol–water partition coefficient (Wildman–Crippen LogP) is 2.05. The number of halogens is 1. The van der Waals surface area contributed by atoms with E-state index >= 15 is 0 Å². The molecule has 1 amide bonds. The smallest absolute Gasteiger partial charge is 0.254 e. The van der Waals surface area contributed by atoms with E-state index in [2.05, 4.69) is 29.0 Å². The third-order valence-electron chi connectivity index (χ3n) is 2.92. The molecule has 0 radical (unpaired) electrons. The first kappa shape index (κ1) is 14.9. The van der Waals surface area contributed by atoms with Gasteiger partial charge in [-0.05, 0) is 26.1 Å². The van der Waals surface area contributed by atoms with Gasteiger partial charge < -0.3 is 10.2 Å². The number of carbonyl (C=O) groups is 1. The van der Waals surface area contributed by atoms with Crippen molar-refractivity contribution in [2.45, 2.75) is 19.9 Å². The normalized spacial score (nSPS) is 12.8. The van der Waals surface area contributed by atoms with Crippen LogP contribution in [0.1, 0.15) is 24.2 Å². The van der Waals surface area contributed by atoms with Gasteiger partial charge in [0.05, 0.1) is 10.6 Å². The summed E-state index contributed by atoms with van der Waals surface area (Å²) in [6.45, 7) is 4.86. The van der Waals surface area contributed by atoms with Gasteiger partial charge in [0.1, 0.15) is 0 Å². The second-order valence-corrected chi connectivity index (χ2v) is 5.25. The zero-order valence-electron chi connectivity index (χ0n) is 11.3. The summed E-state index contributed by atoms with van der Waals surface area (Å²) in [7, 11) is 4.02. The number of nitrogens with one attached hydrogen (secondary N) is 1. The van der Waals surface area contributed by atoms with Gasteiger partial charge in [-0.2, -0.15) is 0 Å². The standard InChI is InChI=1S/C13H20ClN3O/c1-9(2)12(17(3)4)8-16-13(18)10-7-15-6-5-11(10)14/h5-7,9,12H,8H2,1-4H3,(H,16,18). The largest absolute Gasteiger partial charge is 0.350 e. The quantitative estimate of drug-likeness (QED) is 0.890. The lowest BCUT2D eigenvalue weighted by Gasteiger charge is -2.28. The summed E-state index contributed by atoms with van der Waals surface area (Å²) >= 11 is 5.95. The third-order valence-corrected chi connectivity index (χ3v) is 3.25. The molecule has 0 aromatic carbocycles. The molecule has 1 aromatic rings. The van der Waals surface area contributed by atoms with Crippen molar-refractivity contribution >= 4 is 17.5 Å². The van der Waals surface area contributed by atoms with Gasteiger partial charge in [0, 0.05) is 25.0 Å². The van der Waals surface area contributed by atoms with E-state index < -0.39 is 0 Å². The van der Waals surface area contributed by atoms with Crippen molar-refractivity contribution in [3.8, 4) is 0 Å². The molecule has 1 N–H and O–H groups in total. The number of carbonyl (C=O) groups excluding carboxylic acids is 1. The van der Waals surface area contributed by atoms with Crippen LogP contribution >= 0.6 is 11.6 Å². The van der Waals surface area contributed by atoms with Gasteiger partial charge in [0.15, 0.2) is 0 Å². The fraction of sp³-hybridized carbons (Fsp3) is 0.538. The molecule has 0 saturated carbocycles. The number of nitrogens with zero attached hydrogens (tertiary/aromatic N) is 2. The number of hydrogen-bond donors (Lipinski definition) is 1. The van der Waals surface area contributed by atoms with Gasteiger partial charge >= 0.3 is 0 Å². The van der Waals surface area contributed by atoms with Crippen LogP contribution in [0.15, 0.2) is 18.5 Å². The van der Waals surface area contributed by atoms with Crippen molar-refractivity contribution in [3.05, 3.63) is 29.0 Å². The van der Waals surface area contributed by atoms with Gasteiger partial charge in [0.2, 0.25) is 0 Å². The molecule has 18 heavy (non-hydrogen) atoms. The van der Waals surface area contributed by atoms with Crippen molar-refractivity contribution in [2.75, 3.05) is 20.6 Å². The van der Waals surface area contributed by atoms with Gasteiger partial charge in [0.25, 0.3) is 5.91 Å². The van der Waals surface area contributed by atoms with Crippen LogP contribution in [0.5, 0.6) is 0 Å². The van der Waals surface area contributed by atoms with E-state index in [9.17, 15) is 4.79 Å². The van der Waals surface area contributed by atoms with Gasteiger partial charge in [-0.15, -0.1) is 0 Å². The van der Waals surface area contributed by atoms with Gasteiger partial charge in [-0.25, -0.2) is 0 Å². The van der Waals surface area contributed by atoms with E-state index in [0.717, 1.165) is 0 Å². The molecule has 0 aliphatic rings. The van der Waals surface area contributed by atoms with Crippen LogP contribution in [0.3, 0.4) is 0 Å². The van der Waals surface area contributed by atoms with Crippen molar-refractivity contribution in [3.63, 3.8) is 0 Å². The lowest BCUT2D eigenvalue weighted by molar-refractivity contribution is 0.0934. The summed E-state index contributed by atoms with van der Waals surface area (Å²) < 4.78 is 0. The molecule has 1 heterocycles. The Labute approximate surface area is 113 Å². The van der Waals surface area contributed by atoms with Crippen LogP contribution in [-0.2, 0) is 0 Å². The molecule has 4 nitrogen and oxygen atoms in total. The minimum atomic E-state index is -0.180. The Morgan fingerprint density at radius 1 is 1.50 bits per heavy atom. The van der Waals surface area contributed by atoms with Crippen molar-refractivity contribution in [1.29, 1.82) is 0 Å². The summed E-state index contributed by atoms with van der Waals surface area (Å²) in [5, 5.41) is 3.32. The SMILES string of the molecule is CC(C)C(CNC(=O)c1cnccc1Cl)N(C)C. The molecule has 0 spiro atoms. The summed E-state index contributed by atoms with van der Waals surface area (Å²) in [5.74, 6) is 0.283. The monoisotopic (exact) mass is 269 g/mol. The number of likely N-dealkylation sites (N-methyl/N-ethyl adjacent to an activating group) is 1. The Hall–Kier alpha value is -1.13. The summed E-state index contributed by atoms with van der Waals surface area (Å²) in [4.78, 5) is 18.0. The molecule has 0 aliphatic heterocycles. The summed E-state index contributed by atoms with van der Waals surface area (Å²) in [5.41, 5.74) is 0.417. The van der Waals surface area contributed by atoms with E-state index in [-0.39, 0.29) is 5.91 Å². The molecular weight excluding hydrogens is 250 g/mol. The summed E-state index contributed by atoms with van der Waals surface area (Å²) in [6.07, 6.45) is 3.05. The number of rotatable bonds is 5. The van der Waals surface area contributed by atoms with Crippen LogP contribution in [0, 0.1) is 5.92 Å². The molecule has 0 bridgehead atoms. The average molecular weight is 270 g/mol. The molecule has 0 saturated heterocycles. The predicted molar refractivity (Wildman–Crippen MR) is 73.9 cm³/mol. The Kier molecular flexibility index (Phi) is 5.56. The maximum atomic E-state index is 12.0. The van der Waals surface area contributed by atoms with E-state index in [1.54, 1.807) is 12.3 Å². The number of pyridine rings is 1. The summed E-state index contributed by atoms with van der Waals surface area (Å²) in [6, 6.07) is 1.91. The fourth-order valence-corrected chi connectivity index (χ4v) is 2.04. The van der Waals surface area contributed by atoms with Crippen molar-refractivity contribution < 1.29 is 4.79 Å². The average Bonchev–Trinajstić information content (AvgIpc) is 2.28. The van der Waals surface area contributed by atoms with Crippen LogP contribution < -0.4 is 5.32 Å². The third kappa shape index (κ3) is 3.96. The highest BCUT2D eigenvalue weighted by atomic mass is 35.5. The minimum Gasteiger partial charge on any atom is -0.350 e. The van der Waals surface area contributed by atoms with Crippen LogP contribution in [0.4, 0.5) is 0 Å². The topological polar surface area (TPSA) is 45.2 Å². The molecule has 1 unspecified atom stereocenters. The maximum absolute atomic E-state index is 12.0. The highest BCUT2D eigenvalue weighted by molar-refractivity contribution is 6.33. The first-order valence-electron chi connectivity index (χ1n) is 5.97. The van der Waals surface area contributed by atoms with E-state index in [1.165, 1.54) is 6.20 Å². The minimum absolute atomic E-state index is 0.180. The van der Waals surface area contributed by atoms with E-state index in [4.69, 9.17) is 11.6 Å². The number of aromatic nitrogens is 1. The Bertz CT molecular complexity index is 399. The maximum Gasteiger partial charge on any atom is 0.254 e. The number of amides is 1. The second-order valence-electron chi connectivity index (χ2n) is 4.84.